The zero-order chi connectivity index (χ0) is 13.8. The Morgan fingerprint density at radius 3 is 2.84 bits per heavy atom. The highest BCUT2D eigenvalue weighted by atomic mass is 16.5. The van der Waals surface area contributed by atoms with E-state index in [1.165, 1.54) is 16.9 Å². The number of anilines is 1. The minimum Gasteiger partial charge on any atom is -0.463 e. The van der Waals surface area contributed by atoms with Gasteiger partial charge in [0, 0.05) is 6.20 Å². The van der Waals surface area contributed by atoms with E-state index < -0.39 is 5.91 Å². The Morgan fingerprint density at radius 1 is 1.42 bits per heavy atom. The molecule has 0 bridgehead atoms. The molecule has 2 aromatic rings. The van der Waals surface area contributed by atoms with E-state index in [2.05, 4.69) is 20.1 Å². The predicted octanol–water partition coefficient (Wildman–Crippen LogP) is -0.473. The van der Waals surface area contributed by atoms with Crippen LogP contribution in [0, 0.1) is 0 Å². The van der Waals surface area contributed by atoms with Gasteiger partial charge in [-0.15, -0.1) is 0 Å². The lowest BCUT2D eigenvalue weighted by molar-refractivity contribution is 0.0995. The van der Waals surface area contributed by atoms with E-state index >= 15 is 0 Å². The first-order valence-electron chi connectivity index (χ1n) is 5.60. The van der Waals surface area contributed by atoms with E-state index in [1.807, 2.05) is 6.92 Å². The largest absolute Gasteiger partial charge is 0.463 e. The van der Waals surface area contributed by atoms with Gasteiger partial charge in [-0.2, -0.15) is 20.1 Å². The van der Waals surface area contributed by atoms with Gasteiger partial charge < -0.3 is 16.2 Å². The number of hydrogen-bond donors (Lipinski definition) is 2. The summed E-state index contributed by atoms with van der Waals surface area (Å²) >= 11 is 0. The third kappa shape index (κ3) is 2.94. The molecule has 2 heterocycles. The Labute approximate surface area is 108 Å². The number of carbonyl (C=O) groups is 1. The minimum absolute atomic E-state index is 0.00669. The summed E-state index contributed by atoms with van der Waals surface area (Å²) in [5, 5.41) is 3.92. The number of primary amides is 1. The van der Waals surface area contributed by atoms with Crippen molar-refractivity contribution in [3.05, 3.63) is 18.0 Å². The highest BCUT2D eigenvalue weighted by Gasteiger charge is 2.11. The molecule has 0 fully saturated rings. The van der Waals surface area contributed by atoms with Gasteiger partial charge in [-0.3, -0.25) is 4.79 Å². The molecule has 0 atom stereocenters. The number of hydrogen-bond acceptors (Lipinski definition) is 7. The summed E-state index contributed by atoms with van der Waals surface area (Å²) in [6, 6.07) is 1.56. The molecule has 1 amide bonds. The molecule has 0 saturated carbocycles. The van der Waals surface area contributed by atoms with Crippen LogP contribution >= 0.6 is 0 Å². The highest BCUT2D eigenvalue weighted by Crippen LogP contribution is 2.09. The molecule has 2 rings (SSSR count). The number of carbonyl (C=O) groups excluding carboxylic acids is 1. The van der Waals surface area contributed by atoms with Gasteiger partial charge in [0.05, 0.1) is 6.61 Å². The maximum absolute atomic E-state index is 11.0. The Hall–Kier alpha value is -2.71. The van der Waals surface area contributed by atoms with Crippen molar-refractivity contribution in [2.75, 3.05) is 12.3 Å². The maximum atomic E-state index is 11.0. The van der Waals surface area contributed by atoms with Crippen LogP contribution in [-0.2, 0) is 0 Å². The third-order valence-corrected chi connectivity index (χ3v) is 2.10. The first kappa shape index (κ1) is 12.7. The van der Waals surface area contributed by atoms with Crippen molar-refractivity contribution in [1.29, 1.82) is 0 Å². The van der Waals surface area contributed by atoms with Gasteiger partial charge in [0.1, 0.15) is 5.69 Å². The second-order valence-electron chi connectivity index (χ2n) is 3.63. The summed E-state index contributed by atoms with van der Waals surface area (Å²) in [7, 11) is 0. The lowest BCUT2D eigenvalue weighted by atomic mass is 10.4. The van der Waals surface area contributed by atoms with E-state index in [4.69, 9.17) is 16.2 Å². The molecule has 2 aromatic heterocycles. The van der Waals surface area contributed by atoms with Crippen molar-refractivity contribution >= 4 is 11.9 Å². The van der Waals surface area contributed by atoms with Gasteiger partial charge in [-0.25, -0.2) is 4.68 Å². The number of rotatable bonds is 5. The van der Waals surface area contributed by atoms with Crippen molar-refractivity contribution < 1.29 is 9.53 Å². The van der Waals surface area contributed by atoms with Crippen LogP contribution in [0.2, 0.25) is 0 Å². The number of nitrogens with two attached hydrogens (primary N) is 2. The zero-order valence-electron chi connectivity index (χ0n) is 10.3. The number of ether oxygens (including phenoxy) is 1. The molecular weight excluding hydrogens is 250 g/mol. The number of nitrogen functional groups attached to an aromatic ring is 1. The van der Waals surface area contributed by atoms with E-state index in [9.17, 15) is 4.79 Å². The van der Waals surface area contributed by atoms with Gasteiger partial charge in [0.25, 0.3) is 11.9 Å². The normalized spacial score (nSPS) is 10.4. The molecule has 9 heteroatoms. The molecule has 100 valence electrons. The van der Waals surface area contributed by atoms with Gasteiger partial charge in [0.2, 0.25) is 5.95 Å². The molecule has 0 spiro atoms. The van der Waals surface area contributed by atoms with Crippen LogP contribution in [0.25, 0.3) is 5.95 Å². The average molecular weight is 263 g/mol. The smallest absolute Gasteiger partial charge is 0.323 e. The van der Waals surface area contributed by atoms with Gasteiger partial charge in [-0.05, 0) is 12.5 Å². The fraction of sp³-hybridized carbons (Fsp3) is 0.300. The van der Waals surface area contributed by atoms with E-state index in [1.54, 1.807) is 0 Å². The van der Waals surface area contributed by atoms with Crippen molar-refractivity contribution in [1.82, 2.24) is 24.7 Å². The van der Waals surface area contributed by atoms with Crippen LogP contribution in [0.4, 0.5) is 5.95 Å². The molecule has 0 aromatic carbocycles. The summed E-state index contributed by atoms with van der Waals surface area (Å²) in [5.41, 5.74) is 10.8. The second-order valence-corrected chi connectivity index (χ2v) is 3.63. The molecule has 0 aliphatic heterocycles. The Kier molecular flexibility index (Phi) is 3.55. The van der Waals surface area contributed by atoms with Gasteiger partial charge >= 0.3 is 6.01 Å². The summed E-state index contributed by atoms with van der Waals surface area (Å²) < 4.78 is 6.55. The number of amides is 1. The summed E-state index contributed by atoms with van der Waals surface area (Å²) in [4.78, 5) is 22.8. The van der Waals surface area contributed by atoms with Crippen LogP contribution in [0.15, 0.2) is 12.3 Å². The van der Waals surface area contributed by atoms with Crippen LogP contribution in [0.1, 0.15) is 23.8 Å². The topological polar surface area (TPSA) is 135 Å². The molecule has 0 aliphatic carbocycles. The van der Waals surface area contributed by atoms with Gasteiger partial charge in [0.15, 0.2) is 0 Å². The van der Waals surface area contributed by atoms with Crippen LogP contribution in [0.3, 0.4) is 0 Å². The molecular formula is C10H13N7O2. The first-order valence-corrected chi connectivity index (χ1v) is 5.60. The average Bonchev–Trinajstić information content (AvgIpc) is 2.85. The fourth-order valence-corrected chi connectivity index (χ4v) is 1.29. The van der Waals surface area contributed by atoms with Crippen LogP contribution < -0.4 is 16.2 Å². The summed E-state index contributed by atoms with van der Waals surface area (Å²) in [6.45, 7) is 2.42. The number of aromatic nitrogens is 5. The van der Waals surface area contributed by atoms with Crippen molar-refractivity contribution in [3.8, 4) is 12.0 Å². The quantitative estimate of drug-likeness (QED) is 0.744. The second kappa shape index (κ2) is 5.29. The molecule has 0 unspecified atom stereocenters. The van der Waals surface area contributed by atoms with E-state index in [0.29, 0.717) is 6.61 Å². The molecule has 19 heavy (non-hydrogen) atoms. The summed E-state index contributed by atoms with van der Waals surface area (Å²) in [5.74, 6) is -0.471. The van der Waals surface area contributed by atoms with Crippen LogP contribution in [-0.4, -0.2) is 37.2 Å². The van der Waals surface area contributed by atoms with Crippen molar-refractivity contribution in [2.24, 2.45) is 5.73 Å². The van der Waals surface area contributed by atoms with E-state index in [0.717, 1.165) is 6.42 Å². The Morgan fingerprint density at radius 2 is 2.21 bits per heavy atom. The summed E-state index contributed by atoms with van der Waals surface area (Å²) in [6.07, 6.45) is 2.31. The maximum Gasteiger partial charge on any atom is 0.323 e. The zero-order valence-corrected chi connectivity index (χ0v) is 10.3. The molecule has 4 N–H and O–H groups in total. The van der Waals surface area contributed by atoms with Crippen molar-refractivity contribution in [3.63, 3.8) is 0 Å². The Balaban J connectivity index is 2.32. The first-order chi connectivity index (χ1) is 9.10. The highest BCUT2D eigenvalue weighted by molar-refractivity contribution is 5.90. The number of nitrogens with zero attached hydrogens (tertiary/aromatic N) is 5. The van der Waals surface area contributed by atoms with Gasteiger partial charge in [-0.1, -0.05) is 6.92 Å². The molecule has 9 nitrogen and oxygen atoms in total. The standard InChI is InChI=1S/C10H13N7O2/c1-2-5-19-10-14-8(12)13-9(15-10)17-4-3-6(16-17)7(11)18/h3-4H,2,5H2,1H3,(H2,11,18)(H2,12,13,14,15). The SMILES string of the molecule is CCCOc1nc(N)nc(-n2ccc(C(N)=O)n2)n1. The van der Waals surface area contributed by atoms with Crippen molar-refractivity contribution in [2.45, 2.75) is 13.3 Å². The lowest BCUT2D eigenvalue weighted by Crippen LogP contribution is -2.13. The lowest BCUT2D eigenvalue weighted by Gasteiger charge is -2.05. The molecule has 0 radical (unpaired) electrons. The monoisotopic (exact) mass is 263 g/mol. The van der Waals surface area contributed by atoms with E-state index in [-0.39, 0.29) is 23.6 Å². The molecule has 0 aliphatic rings. The minimum atomic E-state index is -0.636. The van der Waals surface area contributed by atoms with Crippen LogP contribution in [0.5, 0.6) is 6.01 Å². The molecule has 0 saturated heterocycles. The third-order valence-electron chi connectivity index (χ3n) is 2.10. The Bertz CT molecular complexity index is 595. The predicted molar refractivity (Wildman–Crippen MR) is 65.7 cm³/mol. The fourth-order valence-electron chi connectivity index (χ4n) is 1.29.